The molecule has 0 fully saturated rings. The van der Waals surface area contributed by atoms with Crippen LogP contribution >= 0.6 is 11.6 Å². The van der Waals surface area contributed by atoms with E-state index in [4.69, 9.17) is 11.6 Å². The normalized spacial score (nSPS) is 12.3. The van der Waals surface area contributed by atoms with E-state index in [1.54, 1.807) is 0 Å². The highest BCUT2D eigenvalue weighted by Gasteiger charge is 2.20. The van der Waals surface area contributed by atoms with Gasteiger partial charge in [0.25, 0.3) is 11.6 Å². The molecular weight excluding hydrogens is 272 g/mol. The molecule has 2 N–H and O–H groups in total. The molecule has 0 aliphatic heterocycles. The summed E-state index contributed by atoms with van der Waals surface area (Å²) < 4.78 is 0. The summed E-state index contributed by atoms with van der Waals surface area (Å²) in [4.78, 5) is 21.9. The molecule has 0 saturated carbocycles. The van der Waals surface area contributed by atoms with Crippen LogP contribution in [0.25, 0.3) is 0 Å². The van der Waals surface area contributed by atoms with E-state index in [9.17, 15) is 20.0 Å². The molecule has 1 rings (SSSR count). The maximum Gasteiger partial charge on any atom is 0.288 e. The maximum atomic E-state index is 11.8. The van der Waals surface area contributed by atoms with Gasteiger partial charge in [0.2, 0.25) is 0 Å². The molecule has 1 unspecified atom stereocenters. The van der Waals surface area contributed by atoms with Gasteiger partial charge in [-0.05, 0) is 12.0 Å². The molecule has 0 heterocycles. The number of aliphatic hydroxyl groups is 1. The van der Waals surface area contributed by atoms with Gasteiger partial charge >= 0.3 is 0 Å². The number of nitrogens with zero attached hydrogens (tertiary/aromatic N) is 1. The zero-order chi connectivity index (χ0) is 14.6. The quantitative estimate of drug-likeness (QED) is 0.639. The fourth-order valence-electron chi connectivity index (χ4n) is 1.36. The summed E-state index contributed by atoms with van der Waals surface area (Å²) in [7, 11) is 0. The molecule has 0 aliphatic rings. The molecule has 0 spiro atoms. The number of nitro benzene ring substituents is 1. The highest BCUT2D eigenvalue weighted by molar-refractivity contribution is 6.35. The number of carbonyl (C=O) groups excluding carboxylic acids is 1. The molecule has 19 heavy (non-hydrogen) atoms. The Balaban J connectivity index is 2.83. The van der Waals surface area contributed by atoms with Crippen LogP contribution in [0.15, 0.2) is 18.2 Å². The molecule has 0 aliphatic carbocycles. The van der Waals surface area contributed by atoms with Crippen molar-refractivity contribution in [3.05, 3.63) is 38.9 Å². The molecule has 0 radical (unpaired) electrons. The van der Waals surface area contributed by atoms with Crippen molar-refractivity contribution in [2.24, 2.45) is 5.92 Å². The van der Waals surface area contributed by atoms with Gasteiger partial charge < -0.3 is 10.4 Å². The number of amides is 1. The molecule has 104 valence electrons. The van der Waals surface area contributed by atoms with Crippen molar-refractivity contribution >= 4 is 23.2 Å². The Hall–Kier alpha value is -1.66. The van der Waals surface area contributed by atoms with Crippen molar-refractivity contribution in [3.63, 3.8) is 0 Å². The zero-order valence-corrected chi connectivity index (χ0v) is 11.3. The van der Waals surface area contributed by atoms with Crippen LogP contribution in [0.5, 0.6) is 0 Å². The van der Waals surface area contributed by atoms with E-state index in [2.05, 4.69) is 5.32 Å². The fourth-order valence-corrected chi connectivity index (χ4v) is 1.65. The smallest absolute Gasteiger partial charge is 0.288 e. The van der Waals surface area contributed by atoms with Gasteiger partial charge in [0.15, 0.2) is 0 Å². The lowest BCUT2D eigenvalue weighted by molar-refractivity contribution is -0.384. The largest absolute Gasteiger partial charge is 0.391 e. The van der Waals surface area contributed by atoms with Crippen molar-refractivity contribution in [3.8, 4) is 0 Å². The lowest BCUT2D eigenvalue weighted by Gasteiger charge is -2.15. The number of hydrogen-bond donors (Lipinski definition) is 2. The summed E-state index contributed by atoms with van der Waals surface area (Å²) >= 11 is 5.81. The van der Waals surface area contributed by atoms with E-state index >= 15 is 0 Å². The van der Waals surface area contributed by atoms with Gasteiger partial charge in [-0.2, -0.15) is 0 Å². The predicted molar refractivity (Wildman–Crippen MR) is 71.3 cm³/mol. The third-order valence-corrected chi connectivity index (χ3v) is 3.06. The summed E-state index contributed by atoms with van der Waals surface area (Å²) in [6.07, 6.45) is -0.679. The molecule has 1 aromatic carbocycles. The number of carbonyl (C=O) groups is 1. The number of benzene rings is 1. The third kappa shape index (κ3) is 3.90. The van der Waals surface area contributed by atoms with Gasteiger partial charge in [0.05, 0.1) is 16.6 Å². The number of hydrogen-bond acceptors (Lipinski definition) is 4. The van der Waals surface area contributed by atoms with Gasteiger partial charge in [-0.3, -0.25) is 14.9 Å². The second kappa shape index (κ2) is 6.49. The number of nitrogens with one attached hydrogen (secondary N) is 1. The zero-order valence-electron chi connectivity index (χ0n) is 10.6. The topological polar surface area (TPSA) is 92.5 Å². The second-order valence-electron chi connectivity index (χ2n) is 4.42. The molecule has 0 aromatic heterocycles. The van der Waals surface area contributed by atoms with Crippen LogP contribution in [0.1, 0.15) is 24.2 Å². The number of rotatable bonds is 5. The van der Waals surface area contributed by atoms with E-state index < -0.39 is 16.9 Å². The Kier molecular flexibility index (Phi) is 5.26. The van der Waals surface area contributed by atoms with E-state index in [-0.39, 0.29) is 28.7 Å². The average molecular weight is 287 g/mol. The van der Waals surface area contributed by atoms with Gasteiger partial charge in [0.1, 0.15) is 5.02 Å². The lowest BCUT2D eigenvalue weighted by Crippen LogP contribution is -2.34. The van der Waals surface area contributed by atoms with Crippen LogP contribution in [0.2, 0.25) is 5.02 Å². The first-order chi connectivity index (χ1) is 8.84. The summed E-state index contributed by atoms with van der Waals surface area (Å²) in [5, 5.41) is 22.6. The van der Waals surface area contributed by atoms with Crippen LogP contribution in [0, 0.1) is 16.0 Å². The first-order valence-electron chi connectivity index (χ1n) is 5.73. The summed E-state index contributed by atoms with van der Waals surface area (Å²) in [6.45, 7) is 3.70. The van der Waals surface area contributed by atoms with Crippen molar-refractivity contribution in [2.75, 3.05) is 6.54 Å². The molecule has 6 nitrogen and oxygen atoms in total. The monoisotopic (exact) mass is 286 g/mol. The SMILES string of the molecule is CC(C)C(O)CNC(=O)c1cccc([N+](=O)[O-])c1Cl. The van der Waals surface area contributed by atoms with Crippen LogP contribution < -0.4 is 5.32 Å². The molecule has 1 atom stereocenters. The summed E-state index contributed by atoms with van der Waals surface area (Å²) in [5.74, 6) is -0.547. The molecule has 1 amide bonds. The van der Waals surface area contributed by atoms with Crippen LogP contribution in [-0.4, -0.2) is 28.6 Å². The predicted octanol–water partition coefficient (Wildman–Crippen LogP) is 1.99. The van der Waals surface area contributed by atoms with Gasteiger partial charge in [-0.25, -0.2) is 0 Å². The highest BCUT2D eigenvalue weighted by atomic mass is 35.5. The molecule has 1 aromatic rings. The van der Waals surface area contributed by atoms with E-state index in [1.807, 2.05) is 13.8 Å². The lowest BCUT2D eigenvalue weighted by atomic mass is 10.1. The minimum absolute atomic E-state index is 0.000816. The average Bonchev–Trinajstić information content (AvgIpc) is 2.35. The van der Waals surface area contributed by atoms with Gasteiger partial charge in [-0.1, -0.05) is 31.5 Å². The van der Waals surface area contributed by atoms with Crippen molar-refractivity contribution < 1.29 is 14.8 Å². The number of nitro groups is 1. The first kappa shape index (κ1) is 15.4. The van der Waals surface area contributed by atoms with E-state index in [0.29, 0.717) is 0 Å². The van der Waals surface area contributed by atoms with E-state index in [0.717, 1.165) is 0 Å². The minimum atomic E-state index is -0.679. The van der Waals surface area contributed by atoms with Crippen molar-refractivity contribution in [1.82, 2.24) is 5.32 Å². The maximum absolute atomic E-state index is 11.8. The number of halogens is 1. The Morgan fingerprint density at radius 1 is 1.53 bits per heavy atom. The summed E-state index contributed by atoms with van der Waals surface area (Å²) in [6, 6.07) is 4.01. The Morgan fingerprint density at radius 3 is 2.68 bits per heavy atom. The fraction of sp³-hybridized carbons (Fsp3) is 0.417. The third-order valence-electron chi connectivity index (χ3n) is 2.66. The van der Waals surface area contributed by atoms with E-state index in [1.165, 1.54) is 18.2 Å². The van der Waals surface area contributed by atoms with Crippen molar-refractivity contribution in [1.29, 1.82) is 0 Å². The first-order valence-corrected chi connectivity index (χ1v) is 6.11. The van der Waals surface area contributed by atoms with Crippen LogP contribution in [-0.2, 0) is 0 Å². The standard InChI is InChI=1S/C12H15ClN2O4/c1-7(2)10(16)6-14-12(17)8-4-3-5-9(11(8)13)15(18)19/h3-5,7,10,16H,6H2,1-2H3,(H,14,17). The van der Waals surface area contributed by atoms with Crippen LogP contribution in [0.3, 0.4) is 0 Å². The van der Waals surface area contributed by atoms with Gasteiger partial charge in [0, 0.05) is 12.6 Å². The Bertz CT molecular complexity index is 491. The number of aliphatic hydroxyl groups excluding tert-OH is 1. The minimum Gasteiger partial charge on any atom is -0.391 e. The van der Waals surface area contributed by atoms with Crippen LogP contribution in [0.4, 0.5) is 5.69 Å². The second-order valence-corrected chi connectivity index (χ2v) is 4.80. The van der Waals surface area contributed by atoms with Crippen molar-refractivity contribution in [2.45, 2.75) is 20.0 Å². The van der Waals surface area contributed by atoms with Gasteiger partial charge in [-0.15, -0.1) is 0 Å². The molecule has 0 bridgehead atoms. The molecule has 0 saturated heterocycles. The Morgan fingerprint density at radius 2 is 2.16 bits per heavy atom. The molecule has 7 heteroatoms. The summed E-state index contributed by atoms with van der Waals surface area (Å²) in [5.41, 5.74) is -0.300. The Labute approximate surface area is 115 Å². The molecular formula is C12H15ClN2O4. The highest BCUT2D eigenvalue weighted by Crippen LogP contribution is 2.27.